The third kappa shape index (κ3) is 3.44. The molecule has 1 nitrogen and oxygen atoms in total. The van der Waals surface area contributed by atoms with Crippen molar-refractivity contribution < 1.29 is 5.11 Å². The van der Waals surface area contributed by atoms with Gasteiger partial charge in [0.2, 0.25) is 0 Å². The van der Waals surface area contributed by atoms with Crippen molar-refractivity contribution in [1.29, 1.82) is 0 Å². The highest BCUT2D eigenvalue weighted by atomic mass is 32.1. The van der Waals surface area contributed by atoms with Crippen molar-refractivity contribution >= 4 is 11.3 Å². The molecular weight excluding hydrogens is 240 g/mol. The van der Waals surface area contributed by atoms with Gasteiger partial charge in [-0.05, 0) is 41.3 Å². The molecule has 1 N–H and O–H groups in total. The second kappa shape index (κ2) is 6.17. The van der Waals surface area contributed by atoms with E-state index in [0.29, 0.717) is 5.92 Å². The molecule has 1 aromatic carbocycles. The van der Waals surface area contributed by atoms with Crippen molar-refractivity contribution in [1.82, 2.24) is 0 Å². The second-order valence-electron chi connectivity index (χ2n) is 4.97. The van der Waals surface area contributed by atoms with Crippen LogP contribution in [0.4, 0.5) is 0 Å². The van der Waals surface area contributed by atoms with E-state index in [2.05, 4.69) is 38.1 Å². The van der Waals surface area contributed by atoms with Crippen LogP contribution in [0.3, 0.4) is 0 Å². The van der Waals surface area contributed by atoms with Gasteiger partial charge in [0.1, 0.15) is 0 Å². The Kier molecular flexibility index (Phi) is 4.56. The normalized spacial score (nSPS) is 12.9. The molecule has 0 bridgehead atoms. The molecule has 0 amide bonds. The largest absolute Gasteiger partial charge is 0.388 e. The van der Waals surface area contributed by atoms with E-state index < -0.39 is 0 Å². The predicted octanol–water partition coefficient (Wildman–Crippen LogP) is 4.54. The zero-order chi connectivity index (χ0) is 13.0. The maximum Gasteiger partial charge on any atom is 0.0885 e. The molecule has 1 unspecified atom stereocenters. The van der Waals surface area contributed by atoms with Crippen LogP contribution in [0.25, 0.3) is 0 Å². The van der Waals surface area contributed by atoms with Crippen molar-refractivity contribution in [3.05, 3.63) is 57.8 Å². The number of hydrogen-bond donors (Lipinski definition) is 1. The monoisotopic (exact) mass is 260 g/mol. The Balaban J connectivity index is 1.90. The highest BCUT2D eigenvalue weighted by molar-refractivity contribution is 7.10. The Morgan fingerprint density at radius 1 is 1.11 bits per heavy atom. The van der Waals surface area contributed by atoms with E-state index in [1.54, 1.807) is 11.3 Å². The van der Waals surface area contributed by atoms with Gasteiger partial charge in [-0.1, -0.05) is 44.2 Å². The topological polar surface area (TPSA) is 20.2 Å². The molecule has 1 aromatic heterocycles. The van der Waals surface area contributed by atoms with Crippen molar-refractivity contribution in [2.45, 2.75) is 38.7 Å². The first kappa shape index (κ1) is 13.3. The van der Waals surface area contributed by atoms with Gasteiger partial charge in [0.15, 0.2) is 0 Å². The van der Waals surface area contributed by atoms with E-state index >= 15 is 0 Å². The minimum atomic E-state index is -0.324. The van der Waals surface area contributed by atoms with Gasteiger partial charge in [0, 0.05) is 4.88 Å². The van der Waals surface area contributed by atoms with Crippen LogP contribution in [-0.2, 0) is 6.42 Å². The molecular formula is C16H20OS. The number of rotatable bonds is 5. The summed E-state index contributed by atoms with van der Waals surface area (Å²) in [4.78, 5) is 1.06. The molecule has 2 heteroatoms. The third-order valence-electron chi connectivity index (χ3n) is 3.22. The second-order valence-corrected chi connectivity index (χ2v) is 5.95. The van der Waals surface area contributed by atoms with Crippen molar-refractivity contribution in [2.75, 3.05) is 0 Å². The van der Waals surface area contributed by atoms with Crippen LogP contribution in [0.5, 0.6) is 0 Å². The standard InChI is InChI=1S/C16H20OS/c1-12(2)14-8-5-13(6-9-14)7-10-15(17)16-4-3-11-18-16/h3-6,8-9,11-12,15,17H,7,10H2,1-2H3. The molecule has 0 spiro atoms. The molecule has 18 heavy (non-hydrogen) atoms. The summed E-state index contributed by atoms with van der Waals surface area (Å²) in [6.07, 6.45) is 1.40. The summed E-state index contributed by atoms with van der Waals surface area (Å²) >= 11 is 1.62. The molecule has 0 aliphatic carbocycles. The summed E-state index contributed by atoms with van der Waals surface area (Å²) in [6, 6.07) is 12.7. The van der Waals surface area contributed by atoms with Gasteiger partial charge in [0.05, 0.1) is 6.10 Å². The number of aryl methyl sites for hydroxylation is 1. The molecule has 0 radical (unpaired) electrons. The summed E-state index contributed by atoms with van der Waals surface area (Å²) in [7, 11) is 0. The zero-order valence-corrected chi connectivity index (χ0v) is 11.8. The van der Waals surface area contributed by atoms with E-state index in [1.807, 2.05) is 17.5 Å². The van der Waals surface area contributed by atoms with Crippen LogP contribution in [0.15, 0.2) is 41.8 Å². The maximum absolute atomic E-state index is 10.0. The number of aliphatic hydroxyl groups excluding tert-OH is 1. The lowest BCUT2D eigenvalue weighted by atomic mass is 9.99. The number of benzene rings is 1. The summed E-state index contributed by atoms with van der Waals surface area (Å²) in [5, 5.41) is 12.0. The SMILES string of the molecule is CC(C)c1ccc(CCC(O)c2cccs2)cc1. The predicted molar refractivity (Wildman–Crippen MR) is 78.1 cm³/mol. The van der Waals surface area contributed by atoms with E-state index in [1.165, 1.54) is 11.1 Å². The quantitative estimate of drug-likeness (QED) is 0.837. The van der Waals surface area contributed by atoms with Crippen LogP contribution >= 0.6 is 11.3 Å². The van der Waals surface area contributed by atoms with Gasteiger partial charge < -0.3 is 5.11 Å². The van der Waals surface area contributed by atoms with Gasteiger partial charge in [-0.15, -0.1) is 11.3 Å². The highest BCUT2D eigenvalue weighted by Gasteiger charge is 2.08. The van der Waals surface area contributed by atoms with Gasteiger partial charge in [0.25, 0.3) is 0 Å². The molecule has 0 saturated carbocycles. The minimum Gasteiger partial charge on any atom is -0.388 e. The molecule has 0 aliphatic rings. The fourth-order valence-corrected chi connectivity index (χ4v) is 2.74. The van der Waals surface area contributed by atoms with Crippen molar-refractivity contribution in [2.24, 2.45) is 0 Å². The minimum absolute atomic E-state index is 0.324. The van der Waals surface area contributed by atoms with Gasteiger partial charge >= 0.3 is 0 Å². The van der Waals surface area contributed by atoms with Gasteiger partial charge in [-0.2, -0.15) is 0 Å². The third-order valence-corrected chi connectivity index (χ3v) is 4.20. The van der Waals surface area contributed by atoms with E-state index in [-0.39, 0.29) is 6.10 Å². The average molecular weight is 260 g/mol. The van der Waals surface area contributed by atoms with Crippen LogP contribution in [0.1, 0.15) is 48.3 Å². The average Bonchev–Trinajstić information content (AvgIpc) is 2.90. The van der Waals surface area contributed by atoms with Crippen LogP contribution < -0.4 is 0 Å². The number of thiophene rings is 1. The molecule has 0 aliphatic heterocycles. The van der Waals surface area contributed by atoms with Gasteiger partial charge in [-0.25, -0.2) is 0 Å². The molecule has 1 atom stereocenters. The summed E-state index contributed by atoms with van der Waals surface area (Å²) in [5.41, 5.74) is 2.67. The highest BCUT2D eigenvalue weighted by Crippen LogP contribution is 2.23. The lowest BCUT2D eigenvalue weighted by Crippen LogP contribution is -1.97. The fourth-order valence-electron chi connectivity index (χ4n) is 2.00. The van der Waals surface area contributed by atoms with Crippen LogP contribution in [0, 0.1) is 0 Å². The molecule has 96 valence electrons. The summed E-state index contributed by atoms with van der Waals surface area (Å²) in [5.74, 6) is 0.579. The van der Waals surface area contributed by atoms with E-state index in [4.69, 9.17) is 0 Å². The lowest BCUT2D eigenvalue weighted by Gasteiger charge is -2.10. The summed E-state index contributed by atoms with van der Waals surface area (Å²) < 4.78 is 0. The first-order valence-corrected chi connectivity index (χ1v) is 7.35. The Morgan fingerprint density at radius 3 is 2.39 bits per heavy atom. The van der Waals surface area contributed by atoms with Crippen LogP contribution in [-0.4, -0.2) is 5.11 Å². The molecule has 1 heterocycles. The Morgan fingerprint density at radius 2 is 1.83 bits per heavy atom. The van der Waals surface area contributed by atoms with Crippen molar-refractivity contribution in [3.8, 4) is 0 Å². The first-order valence-electron chi connectivity index (χ1n) is 6.47. The summed E-state index contributed by atoms with van der Waals surface area (Å²) in [6.45, 7) is 4.41. The number of hydrogen-bond acceptors (Lipinski definition) is 2. The van der Waals surface area contributed by atoms with E-state index in [9.17, 15) is 5.11 Å². The molecule has 0 fully saturated rings. The Hall–Kier alpha value is -1.12. The first-order chi connectivity index (χ1) is 8.66. The van der Waals surface area contributed by atoms with Gasteiger partial charge in [-0.3, -0.25) is 0 Å². The molecule has 2 rings (SSSR count). The fraction of sp³-hybridized carbons (Fsp3) is 0.375. The van der Waals surface area contributed by atoms with Crippen LogP contribution in [0.2, 0.25) is 0 Å². The molecule has 0 saturated heterocycles. The number of aliphatic hydroxyl groups is 1. The lowest BCUT2D eigenvalue weighted by molar-refractivity contribution is 0.171. The van der Waals surface area contributed by atoms with E-state index in [0.717, 1.165) is 17.7 Å². The Labute approximate surface area is 113 Å². The molecule has 2 aromatic rings. The van der Waals surface area contributed by atoms with Crippen molar-refractivity contribution in [3.63, 3.8) is 0 Å². The zero-order valence-electron chi connectivity index (χ0n) is 11.0. The maximum atomic E-state index is 10.0. The smallest absolute Gasteiger partial charge is 0.0885 e. The Bertz CT molecular complexity index is 456.